The zero-order valence-corrected chi connectivity index (χ0v) is 12.0. The molecule has 0 saturated carbocycles. The van der Waals surface area contributed by atoms with E-state index in [1.807, 2.05) is 20.8 Å². The molecule has 4 nitrogen and oxygen atoms in total. The third kappa shape index (κ3) is 3.99. The average molecular weight is 271 g/mol. The number of sulfonamides is 1. The fourth-order valence-electron chi connectivity index (χ4n) is 1.48. The van der Waals surface area contributed by atoms with Crippen molar-refractivity contribution in [3.63, 3.8) is 0 Å². The summed E-state index contributed by atoms with van der Waals surface area (Å²) in [6.45, 7) is 6.90. The van der Waals surface area contributed by atoms with E-state index in [2.05, 4.69) is 4.72 Å². The maximum absolute atomic E-state index is 11.9. The standard InChI is InChI=1S/C13H21NO3S/c1-4-8-14-18(15,16)12-6-7-13(11(3)10-12)17-9-5-2/h6-7,10,14H,4-5,8-9H2,1-3H3. The van der Waals surface area contributed by atoms with Crippen LogP contribution in [0.2, 0.25) is 0 Å². The normalized spacial score (nSPS) is 11.5. The van der Waals surface area contributed by atoms with Crippen molar-refractivity contribution in [2.45, 2.75) is 38.5 Å². The second-order valence-electron chi connectivity index (χ2n) is 4.17. The zero-order chi connectivity index (χ0) is 13.6. The van der Waals surface area contributed by atoms with Crippen molar-refractivity contribution in [2.75, 3.05) is 13.2 Å². The Labute approximate surface area is 109 Å². The van der Waals surface area contributed by atoms with Crippen LogP contribution in [0.3, 0.4) is 0 Å². The van der Waals surface area contributed by atoms with E-state index >= 15 is 0 Å². The Hall–Kier alpha value is -1.07. The molecule has 0 heterocycles. The van der Waals surface area contributed by atoms with Crippen LogP contribution in [-0.4, -0.2) is 21.6 Å². The number of benzene rings is 1. The lowest BCUT2D eigenvalue weighted by molar-refractivity contribution is 0.315. The number of ether oxygens (including phenoxy) is 1. The van der Waals surface area contributed by atoms with Gasteiger partial charge in [-0.1, -0.05) is 13.8 Å². The minimum Gasteiger partial charge on any atom is -0.493 e. The van der Waals surface area contributed by atoms with Gasteiger partial charge in [-0.25, -0.2) is 13.1 Å². The van der Waals surface area contributed by atoms with Crippen LogP contribution >= 0.6 is 0 Å². The smallest absolute Gasteiger partial charge is 0.240 e. The van der Waals surface area contributed by atoms with E-state index < -0.39 is 10.0 Å². The van der Waals surface area contributed by atoms with Gasteiger partial charge in [0, 0.05) is 6.54 Å². The number of aryl methyl sites for hydroxylation is 1. The Bertz CT molecular complexity index is 483. The fraction of sp³-hybridized carbons (Fsp3) is 0.538. The van der Waals surface area contributed by atoms with E-state index in [9.17, 15) is 8.42 Å². The predicted molar refractivity (Wildman–Crippen MR) is 72.4 cm³/mol. The summed E-state index contributed by atoms with van der Waals surface area (Å²) >= 11 is 0. The summed E-state index contributed by atoms with van der Waals surface area (Å²) in [6.07, 6.45) is 1.70. The Morgan fingerprint density at radius 1 is 1.22 bits per heavy atom. The molecule has 0 saturated heterocycles. The monoisotopic (exact) mass is 271 g/mol. The topological polar surface area (TPSA) is 55.4 Å². The van der Waals surface area contributed by atoms with Crippen molar-refractivity contribution in [2.24, 2.45) is 0 Å². The quantitative estimate of drug-likeness (QED) is 0.829. The molecule has 0 atom stereocenters. The van der Waals surface area contributed by atoms with E-state index in [1.165, 1.54) is 0 Å². The molecule has 0 spiro atoms. The molecule has 1 aromatic carbocycles. The largest absolute Gasteiger partial charge is 0.493 e. The molecule has 0 aliphatic carbocycles. The van der Waals surface area contributed by atoms with Crippen molar-refractivity contribution in [1.29, 1.82) is 0 Å². The van der Waals surface area contributed by atoms with Gasteiger partial charge >= 0.3 is 0 Å². The van der Waals surface area contributed by atoms with Crippen LogP contribution < -0.4 is 9.46 Å². The molecule has 0 aromatic heterocycles. The molecule has 102 valence electrons. The van der Waals surface area contributed by atoms with E-state index in [1.54, 1.807) is 18.2 Å². The molecule has 1 N–H and O–H groups in total. The van der Waals surface area contributed by atoms with Crippen LogP contribution in [0, 0.1) is 6.92 Å². The molecular weight excluding hydrogens is 250 g/mol. The Kier molecular flexibility index (Phi) is 5.62. The van der Waals surface area contributed by atoms with Crippen molar-refractivity contribution in [3.8, 4) is 5.75 Å². The van der Waals surface area contributed by atoms with Gasteiger partial charge in [0.25, 0.3) is 0 Å². The first kappa shape index (κ1) is 15.0. The van der Waals surface area contributed by atoms with Crippen LogP contribution in [0.4, 0.5) is 0 Å². The molecule has 0 fully saturated rings. The molecular formula is C13H21NO3S. The van der Waals surface area contributed by atoms with Gasteiger partial charge in [0.2, 0.25) is 10.0 Å². The lowest BCUT2D eigenvalue weighted by Gasteiger charge is -2.10. The fourth-order valence-corrected chi connectivity index (χ4v) is 2.70. The van der Waals surface area contributed by atoms with Gasteiger partial charge in [0.1, 0.15) is 5.75 Å². The van der Waals surface area contributed by atoms with E-state index in [4.69, 9.17) is 4.74 Å². The van der Waals surface area contributed by atoms with Gasteiger partial charge in [0.15, 0.2) is 0 Å². The van der Waals surface area contributed by atoms with Gasteiger partial charge in [-0.2, -0.15) is 0 Å². The molecule has 0 aliphatic heterocycles. The number of hydrogen-bond acceptors (Lipinski definition) is 3. The highest BCUT2D eigenvalue weighted by Gasteiger charge is 2.14. The van der Waals surface area contributed by atoms with Crippen LogP contribution in [0.5, 0.6) is 5.75 Å². The maximum atomic E-state index is 11.9. The molecule has 0 bridgehead atoms. The predicted octanol–water partition coefficient (Wildman–Crippen LogP) is 2.47. The highest BCUT2D eigenvalue weighted by Crippen LogP contribution is 2.21. The van der Waals surface area contributed by atoms with Crippen LogP contribution in [0.15, 0.2) is 23.1 Å². The van der Waals surface area contributed by atoms with Crippen molar-refractivity contribution < 1.29 is 13.2 Å². The summed E-state index contributed by atoms with van der Waals surface area (Å²) in [7, 11) is -3.39. The Morgan fingerprint density at radius 2 is 1.94 bits per heavy atom. The van der Waals surface area contributed by atoms with Crippen LogP contribution in [0.25, 0.3) is 0 Å². The van der Waals surface area contributed by atoms with Crippen molar-refractivity contribution in [3.05, 3.63) is 23.8 Å². The highest BCUT2D eigenvalue weighted by molar-refractivity contribution is 7.89. The maximum Gasteiger partial charge on any atom is 0.240 e. The minimum absolute atomic E-state index is 0.289. The molecule has 0 unspecified atom stereocenters. The summed E-state index contributed by atoms with van der Waals surface area (Å²) in [5.74, 6) is 0.742. The number of rotatable bonds is 7. The van der Waals surface area contributed by atoms with Crippen LogP contribution in [0.1, 0.15) is 32.3 Å². The van der Waals surface area contributed by atoms with Crippen molar-refractivity contribution in [1.82, 2.24) is 4.72 Å². The number of hydrogen-bond donors (Lipinski definition) is 1. The minimum atomic E-state index is -3.39. The highest BCUT2D eigenvalue weighted by atomic mass is 32.2. The summed E-state index contributed by atoms with van der Waals surface area (Å²) < 4.78 is 31.9. The molecule has 1 rings (SSSR count). The first-order chi connectivity index (χ1) is 8.51. The van der Waals surface area contributed by atoms with Gasteiger partial charge in [-0.05, 0) is 43.5 Å². The van der Waals surface area contributed by atoms with Gasteiger partial charge < -0.3 is 4.74 Å². The number of nitrogens with one attached hydrogen (secondary N) is 1. The summed E-state index contributed by atoms with van der Waals surface area (Å²) in [5.41, 5.74) is 0.836. The Balaban J connectivity index is 2.89. The van der Waals surface area contributed by atoms with Gasteiger partial charge in [-0.3, -0.25) is 0 Å². The van der Waals surface area contributed by atoms with Crippen molar-refractivity contribution >= 4 is 10.0 Å². The molecule has 0 radical (unpaired) electrons. The summed E-state index contributed by atoms with van der Waals surface area (Å²) in [6, 6.07) is 4.93. The zero-order valence-electron chi connectivity index (χ0n) is 11.2. The lowest BCUT2D eigenvalue weighted by atomic mass is 10.2. The third-order valence-corrected chi connectivity index (χ3v) is 3.92. The lowest BCUT2D eigenvalue weighted by Crippen LogP contribution is -2.24. The molecule has 0 amide bonds. The molecule has 1 aromatic rings. The average Bonchev–Trinajstić information content (AvgIpc) is 2.35. The summed E-state index contributed by atoms with van der Waals surface area (Å²) in [4.78, 5) is 0.289. The molecule has 5 heteroatoms. The molecule has 18 heavy (non-hydrogen) atoms. The molecule has 0 aliphatic rings. The second-order valence-corrected chi connectivity index (χ2v) is 5.94. The third-order valence-electron chi connectivity index (χ3n) is 2.46. The first-order valence-corrected chi connectivity index (χ1v) is 7.72. The first-order valence-electron chi connectivity index (χ1n) is 6.24. The van der Waals surface area contributed by atoms with E-state index in [-0.39, 0.29) is 4.90 Å². The van der Waals surface area contributed by atoms with E-state index in [0.717, 1.165) is 24.2 Å². The SMILES string of the molecule is CCCNS(=O)(=O)c1ccc(OCCC)c(C)c1. The van der Waals surface area contributed by atoms with E-state index in [0.29, 0.717) is 13.2 Å². The Morgan fingerprint density at radius 3 is 2.50 bits per heavy atom. The second kappa shape index (κ2) is 6.75. The van der Waals surface area contributed by atoms with Gasteiger partial charge in [-0.15, -0.1) is 0 Å². The van der Waals surface area contributed by atoms with Gasteiger partial charge in [0.05, 0.1) is 11.5 Å². The summed E-state index contributed by atoms with van der Waals surface area (Å²) in [5, 5.41) is 0. The van der Waals surface area contributed by atoms with Crippen LogP contribution in [-0.2, 0) is 10.0 Å².